The summed E-state index contributed by atoms with van der Waals surface area (Å²) >= 11 is 0. The lowest BCUT2D eigenvalue weighted by Gasteiger charge is -2.46. The van der Waals surface area contributed by atoms with Gasteiger partial charge >= 0.3 is 0 Å². The van der Waals surface area contributed by atoms with Crippen molar-refractivity contribution in [2.45, 2.75) is 53.0 Å². The molecule has 0 amide bonds. The van der Waals surface area contributed by atoms with E-state index in [1.807, 2.05) is 0 Å². The van der Waals surface area contributed by atoms with Crippen LogP contribution in [0.4, 0.5) is 0 Å². The molecule has 82 valence electrons. The van der Waals surface area contributed by atoms with Gasteiger partial charge in [-0.15, -0.1) is 0 Å². The Kier molecular flexibility index (Phi) is 2.63. The van der Waals surface area contributed by atoms with Crippen LogP contribution in [0, 0.1) is 17.3 Å². The molecule has 3 unspecified atom stereocenters. The van der Waals surface area contributed by atoms with E-state index < -0.39 is 0 Å². The Morgan fingerprint density at radius 3 is 2.43 bits per heavy atom. The maximum Gasteiger partial charge on any atom is 0.0124 e. The van der Waals surface area contributed by atoms with Crippen molar-refractivity contribution in [1.29, 1.82) is 0 Å². The predicted octanol–water partition coefficient (Wildman–Crippen LogP) is 3.15. The summed E-state index contributed by atoms with van der Waals surface area (Å²) in [5, 5.41) is 0. The van der Waals surface area contributed by atoms with Crippen LogP contribution in [-0.2, 0) is 0 Å². The fraction of sp³-hybridized carbons (Fsp3) is 1.00. The molecule has 0 aromatic carbocycles. The highest BCUT2D eigenvalue weighted by Crippen LogP contribution is 2.43. The van der Waals surface area contributed by atoms with Gasteiger partial charge in [0.15, 0.2) is 0 Å². The molecule has 0 N–H and O–H groups in total. The van der Waals surface area contributed by atoms with Crippen molar-refractivity contribution in [2.75, 3.05) is 13.1 Å². The molecule has 2 heterocycles. The van der Waals surface area contributed by atoms with Gasteiger partial charge in [-0.25, -0.2) is 0 Å². The van der Waals surface area contributed by atoms with Crippen LogP contribution in [0.2, 0.25) is 0 Å². The van der Waals surface area contributed by atoms with E-state index in [4.69, 9.17) is 0 Å². The molecule has 2 fully saturated rings. The third-order valence-electron chi connectivity index (χ3n) is 4.50. The van der Waals surface area contributed by atoms with Crippen molar-refractivity contribution in [1.82, 2.24) is 4.90 Å². The zero-order valence-corrected chi connectivity index (χ0v) is 10.2. The molecule has 0 spiro atoms. The molecule has 0 saturated carbocycles. The average Bonchev–Trinajstić information content (AvgIpc) is 2.50. The fourth-order valence-electron chi connectivity index (χ4n) is 3.78. The molecule has 3 atom stereocenters. The Balaban J connectivity index is 2.09. The zero-order chi connectivity index (χ0) is 10.3. The minimum absolute atomic E-state index is 0.508. The number of nitrogens with zero attached hydrogens (tertiary/aromatic N) is 1. The number of hydrogen-bond acceptors (Lipinski definition) is 1. The summed E-state index contributed by atoms with van der Waals surface area (Å²) in [5.41, 5.74) is 0.508. The summed E-state index contributed by atoms with van der Waals surface area (Å²) in [5.74, 6) is 1.84. The Labute approximate surface area is 88.9 Å². The summed E-state index contributed by atoms with van der Waals surface area (Å²) in [4.78, 5) is 2.73. The molecule has 2 aliphatic heterocycles. The highest BCUT2D eigenvalue weighted by atomic mass is 15.2. The first-order chi connectivity index (χ1) is 6.50. The fourth-order valence-corrected chi connectivity index (χ4v) is 3.78. The predicted molar refractivity (Wildman–Crippen MR) is 61.3 cm³/mol. The highest BCUT2D eigenvalue weighted by molar-refractivity contribution is 4.94. The monoisotopic (exact) mass is 195 g/mol. The van der Waals surface area contributed by atoms with Crippen LogP contribution < -0.4 is 0 Å². The highest BCUT2D eigenvalue weighted by Gasteiger charge is 2.41. The van der Waals surface area contributed by atoms with E-state index in [1.165, 1.54) is 32.4 Å². The second kappa shape index (κ2) is 3.52. The summed E-state index contributed by atoms with van der Waals surface area (Å²) in [7, 11) is 0. The standard InChI is InChI=1S/C13H25N/c1-10-11(13(2,3)4)7-9-14-8-5-6-12(10)14/h10-12H,5-9H2,1-4H3. The summed E-state index contributed by atoms with van der Waals surface area (Å²) < 4.78 is 0. The first-order valence-corrected chi connectivity index (χ1v) is 6.24. The topological polar surface area (TPSA) is 3.24 Å². The molecule has 1 nitrogen and oxygen atoms in total. The number of rotatable bonds is 0. The molecule has 0 bridgehead atoms. The molecule has 0 aromatic heterocycles. The lowest BCUT2D eigenvalue weighted by Crippen LogP contribution is -2.47. The van der Waals surface area contributed by atoms with Crippen LogP contribution in [0.1, 0.15) is 47.0 Å². The third kappa shape index (κ3) is 1.71. The number of fused-ring (bicyclic) bond motifs is 1. The van der Waals surface area contributed by atoms with Crippen molar-refractivity contribution >= 4 is 0 Å². The van der Waals surface area contributed by atoms with Gasteiger partial charge in [-0.05, 0) is 49.6 Å². The van der Waals surface area contributed by atoms with E-state index >= 15 is 0 Å². The van der Waals surface area contributed by atoms with Gasteiger partial charge in [0.1, 0.15) is 0 Å². The molecule has 1 heteroatoms. The maximum absolute atomic E-state index is 2.73. The smallest absolute Gasteiger partial charge is 0.0124 e. The SMILES string of the molecule is CC1C2CCCN2CCC1C(C)(C)C. The Morgan fingerprint density at radius 2 is 1.79 bits per heavy atom. The van der Waals surface area contributed by atoms with E-state index in [2.05, 4.69) is 32.6 Å². The van der Waals surface area contributed by atoms with E-state index in [0.29, 0.717) is 5.41 Å². The number of piperidine rings is 1. The van der Waals surface area contributed by atoms with Crippen molar-refractivity contribution in [3.63, 3.8) is 0 Å². The Morgan fingerprint density at radius 1 is 1.07 bits per heavy atom. The third-order valence-corrected chi connectivity index (χ3v) is 4.50. The maximum atomic E-state index is 2.73. The van der Waals surface area contributed by atoms with Crippen molar-refractivity contribution < 1.29 is 0 Å². The summed E-state index contributed by atoms with van der Waals surface area (Å²) in [6, 6.07) is 0.910. The van der Waals surface area contributed by atoms with Gasteiger partial charge in [0.2, 0.25) is 0 Å². The van der Waals surface area contributed by atoms with Crippen LogP contribution in [0.5, 0.6) is 0 Å². The lowest BCUT2D eigenvalue weighted by atomic mass is 9.67. The minimum atomic E-state index is 0.508. The van der Waals surface area contributed by atoms with Gasteiger partial charge in [0, 0.05) is 6.04 Å². The molecular weight excluding hydrogens is 170 g/mol. The van der Waals surface area contributed by atoms with Gasteiger partial charge in [-0.1, -0.05) is 27.7 Å². The molecule has 2 saturated heterocycles. The first-order valence-electron chi connectivity index (χ1n) is 6.24. The van der Waals surface area contributed by atoms with E-state index in [1.54, 1.807) is 0 Å². The van der Waals surface area contributed by atoms with Crippen molar-refractivity contribution in [3.8, 4) is 0 Å². The van der Waals surface area contributed by atoms with Crippen LogP contribution in [-0.4, -0.2) is 24.0 Å². The second-order valence-corrected chi connectivity index (χ2v) is 6.37. The Bertz CT molecular complexity index is 204. The molecule has 0 aromatic rings. The van der Waals surface area contributed by atoms with E-state index in [-0.39, 0.29) is 0 Å². The van der Waals surface area contributed by atoms with Crippen LogP contribution >= 0.6 is 0 Å². The average molecular weight is 195 g/mol. The van der Waals surface area contributed by atoms with Gasteiger partial charge < -0.3 is 4.90 Å². The van der Waals surface area contributed by atoms with Gasteiger partial charge in [-0.2, -0.15) is 0 Å². The van der Waals surface area contributed by atoms with E-state index in [9.17, 15) is 0 Å². The molecule has 2 aliphatic rings. The van der Waals surface area contributed by atoms with Crippen LogP contribution in [0.3, 0.4) is 0 Å². The lowest BCUT2D eigenvalue weighted by molar-refractivity contribution is 0.0306. The molecule has 14 heavy (non-hydrogen) atoms. The normalized spacial score (nSPS) is 39.9. The van der Waals surface area contributed by atoms with Gasteiger partial charge in [0.05, 0.1) is 0 Å². The largest absolute Gasteiger partial charge is 0.300 e. The van der Waals surface area contributed by atoms with Crippen molar-refractivity contribution in [2.24, 2.45) is 17.3 Å². The minimum Gasteiger partial charge on any atom is -0.300 e. The summed E-state index contributed by atoms with van der Waals surface area (Å²) in [6.45, 7) is 12.5. The van der Waals surface area contributed by atoms with Gasteiger partial charge in [0.25, 0.3) is 0 Å². The number of hydrogen-bond donors (Lipinski definition) is 0. The zero-order valence-electron chi connectivity index (χ0n) is 10.2. The second-order valence-electron chi connectivity index (χ2n) is 6.37. The molecule has 0 radical (unpaired) electrons. The first kappa shape index (κ1) is 10.5. The van der Waals surface area contributed by atoms with Crippen molar-refractivity contribution in [3.05, 3.63) is 0 Å². The molecular formula is C13H25N. The Hall–Kier alpha value is -0.0400. The quantitative estimate of drug-likeness (QED) is 0.574. The summed E-state index contributed by atoms with van der Waals surface area (Å²) in [6.07, 6.45) is 4.31. The van der Waals surface area contributed by atoms with Crippen LogP contribution in [0.25, 0.3) is 0 Å². The van der Waals surface area contributed by atoms with E-state index in [0.717, 1.165) is 17.9 Å². The van der Waals surface area contributed by atoms with Gasteiger partial charge in [-0.3, -0.25) is 0 Å². The molecule has 0 aliphatic carbocycles. The van der Waals surface area contributed by atoms with Crippen LogP contribution in [0.15, 0.2) is 0 Å². The molecule has 2 rings (SSSR count).